The van der Waals surface area contributed by atoms with Crippen LogP contribution in [0.25, 0.3) is 0 Å². The molecule has 0 spiro atoms. The molecule has 112 valence electrons. The number of carbonyl (C=O) groups is 2. The number of amides is 2. The van der Waals surface area contributed by atoms with Crippen molar-refractivity contribution in [3.8, 4) is 0 Å². The van der Waals surface area contributed by atoms with E-state index < -0.39 is 0 Å². The number of thiocarbonyl (C=S) groups is 1. The van der Waals surface area contributed by atoms with Gasteiger partial charge >= 0.3 is 0 Å². The van der Waals surface area contributed by atoms with E-state index in [4.69, 9.17) is 12.2 Å². The third-order valence-corrected chi connectivity index (χ3v) is 4.64. The number of thioether (sulfide) groups is 1. The number of hydrogen-bond acceptors (Lipinski definition) is 4. The maximum absolute atomic E-state index is 11.8. The number of nitrogens with one attached hydrogen (secondary N) is 1. The average Bonchev–Trinajstić information content (AvgIpc) is 2.77. The third-order valence-electron chi connectivity index (χ3n) is 3.21. The largest absolute Gasteiger partial charge is 0.326 e. The number of nitrogens with zero attached hydrogens (tertiary/aromatic N) is 1. The van der Waals surface area contributed by atoms with E-state index >= 15 is 0 Å². The molecule has 1 N–H and O–H groups in total. The van der Waals surface area contributed by atoms with Gasteiger partial charge in [-0.1, -0.05) is 41.7 Å². The Morgan fingerprint density at radius 2 is 2.05 bits per heavy atom. The van der Waals surface area contributed by atoms with Gasteiger partial charge in [-0.3, -0.25) is 14.5 Å². The topological polar surface area (TPSA) is 49.4 Å². The van der Waals surface area contributed by atoms with Crippen LogP contribution in [0.15, 0.2) is 24.3 Å². The smallest absolute Gasteiger partial charge is 0.238 e. The van der Waals surface area contributed by atoms with Crippen LogP contribution in [0.1, 0.15) is 24.8 Å². The summed E-state index contributed by atoms with van der Waals surface area (Å²) in [6, 6.07) is 7.72. The summed E-state index contributed by atoms with van der Waals surface area (Å²) in [4.78, 5) is 25.0. The fourth-order valence-corrected chi connectivity index (χ4v) is 3.13. The number of unbranched alkanes of at least 4 members (excludes halogenated alkanes) is 1. The Hall–Kier alpha value is -1.40. The van der Waals surface area contributed by atoms with E-state index in [2.05, 4.69) is 5.32 Å². The molecule has 6 heteroatoms. The Labute approximate surface area is 134 Å². The fraction of sp³-hybridized carbons (Fsp3) is 0.400. The molecule has 0 bridgehead atoms. The first-order valence-corrected chi connectivity index (χ1v) is 8.29. The highest BCUT2D eigenvalue weighted by molar-refractivity contribution is 8.23. The Morgan fingerprint density at radius 1 is 1.33 bits per heavy atom. The quantitative estimate of drug-likeness (QED) is 0.646. The summed E-state index contributed by atoms with van der Waals surface area (Å²) < 4.78 is 0.657. The van der Waals surface area contributed by atoms with E-state index in [-0.39, 0.29) is 11.8 Å². The van der Waals surface area contributed by atoms with Crippen molar-refractivity contribution >= 4 is 45.8 Å². The Morgan fingerprint density at radius 3 is 2.67 bits per heavy atom. The van der Waals surface area contributed by atoms with Crippen LogP contribution in [0.5, 0.6) is 0 Å². The highest BCUT2D eigenvalue weighted by Crippen LogP contribution is 2.19. The lowest BCUT2D eigenvalue weighted by molar-refractivity contribution is -0.124. The van der Waals surface area contributed by atoms with Crippen molar-refractivity contribution in [2.75, 3.05) is 17.6 Å². The van der Waals surface area contributed by atoms with E-state index in [9.17, 15) is 9.59 Å². The van der Waals surface area contributed by atoms with Crippen LogP contribution in [0.4, 0.5) is 5.69 Å². The van der Waals surface area contributed by atoms with Gasteiger partial charge in [-0.2, -0.15) is 0 Å². The minimum Gasteiger partial charge on any atom is -0.326 e. The molecule has 1 aliphatic heterocycles. The lowest BCUT2D eigenvalue weighted by atomic mass is 10.2. The minimum atomic E-state index is 0.00329. The van der Waals surface area contributed by atoms with Crippen molar-refractivity contribution in [2.24, 2.45) is 0 Å². The van der Waals surface area contributed by atoms with E-state index in [1.807, 2.05) is 31.2 Å². The number of carbonyl (C=O) groups excluding carboxylic acids is 2. The van der Waals surface area contributed by atoms with Gasteiger partial charge in [-0.25, -0.2) is 0 Å². The van der Waals surface area contributed by atoms with Crippen LogP contribution in [0.3, 0.4) is 0 Å². The van der Waals surface area contributed by atoms with Crippen molar-refractivity contribution in [3.05, 3.63) is 29.8 Å². The summed E-state index contributed by atoms with van der Waals surface area (Å²) in [5.41, 5.74) is 1.98. The SMILES string of the molecule is Cc1ccc(NC(=O)CCCCN2C(=O)CSC2=S)cc1. The zero-order valence-corrected chi connectivity index (χ0v) is 13.6. The van der Waals surface area contributed by atoms with Crippen molar-refractivity contribution in [1.82, 2.24) is 4.90 Å². The first-order valence-electron chi connectivity index (χ1n) is 6.90. The first-order chi connectivity index (χ1) is 10.1. The molecule has 0 atom stereocenters. The molecule has 1 fully saturated rings. The van der Waals surface area contributed by atoms with E-state index in [0.717, 1.165) is 24.1 Å². The molecule has 0 aromatic heterocycles. The molecule has 1 aromatic carbocycles. The summed E-state index contributed by atoms with van der Waals surface area (Å²) in [6.45, 7) is 2.62. The molecule has 1 saturated heterocycles. The summed E-state index contributed by atoms with van der Waals surface area (Å²) >= 11 is 6.51. The maximum Gasteiger partial charge on any atom is 0.238 e. The molecule has 1 aliphatic rings. The van der Waals surface area contributed by atoms with E-state index in [1.165, 1.54) is 11.8 Å². The van der Waals surface area contributed by atoms with Crippen LogP contribution in [0, 0.1) is 6.92 Å². The fourth-order valence-electron chi connectivity index (χ4n) is 2.01. The van der Waals surface area contributed by atoms with Gasteiger partial charge in [-0.15, -0.1) is 0 Å². The highest BCUT2D eigenvalue weighted by Gasteiger charge is 2.25. The number of rotatable bonds is 6. The second-order valence-electron chi connectivity index (χ2n) is 4.97. The van der Waals surface area contributed by atoms with Gasteiger partial charge in [0.25, 0.3) is 0 Å². The maximum atomic E-state index is 11.8. The minimum absolute atomic E-state index is 0.00329. The first kappa shape index (κ1) is 16.0. The Kier molecular flexibility index (Phi) is 5.76. The zero-order valence-electron chi connectivity index (χ0n) is 11.9. The van der Waals surface area contributed by atoms with Gasteiger partial charge in [0.15, 0.2) is 0 Å². The van der Waals surface area contributed by atoms with Gasteiger partial charge in [0, 0.05) is 18.7 Å². The van der Waals surface area contributed by atoms with E-state index in [1.54, 1.807) is 4.90 Å². The van der Waals surface area contributed by atoms with Gasteiger partial charge in [0.1, 0.15) is 4.32 Å². The molecule has 0 aliphatic carbocycles. The summed E-state index contributed by atoms with van der Waals surface area (Å²) in [5, 5.41) is 2.87. The van der Waals surface area contributed by atoms with Crippen LogP contribution >= 0.6 is 24.0 Å². The Balaban J connectivity index is 1.66. The molecule has 2 rings (SSSR count). The molecule has 0 saturated carbocycles. The summed E-state index contributed by atoms with van der Waals surface area (Å²) in [6.07, 6.45) is 1.98. The van der Waals surface area contributed by atoms with Crippen LogP contribution in [-0.4, -0.2) is 33.3 Å². The number of benzene rings is 1. The molecule has 2 amide bonds. The highest BCUT2D eigenvalue weighted by atomic mass is 32.2. The van der Waals surface area contributed by atoms with Crippen LogP contribution in [-0.2, 0) is 9.59 Å². The second kappa shape index (κ2) is 7.56. The number of hydrogen-bond donors (Lipinski definition) is 1. The monoisotopic (exact) mass is 322 g/mol. The molecule has 4 nitrogen and oxygen atoms in total. The van der Waals surface area contributed by atoms with Crippen LogP contribution in [0.2, 0.25) is 0 Å². The summed E-state index contributed by atoms with van der Waals surface area (Å²) in [7, 11) is 0. The van der Waals surface area contributed by atoms with Gasteiger partial charge in [0.05, 0.1) is 5.75 Å². The Bertz CT molecular complexity index is 527. The summed E-state index contributed by atoms with van der Waals surface area (Å²) in [5.74, 6) is 0.532. The van der Waals surface area contributed by atoms with Gasteiger partial charge in [-0.05, 0) is 31.9 Å². The lowest BCUT2D eigenvalue weighted by Gasteiger charge is -2.14. The molecule has 1 heterocycles. The van der Waals surface area contributed by atoms with Crippen molar-refractivity contribution < 1.29 is 9.59 Å². The van der Waals surface area contributed by atoms with Gasteiger partial charge < -0.3 is 5.32 Å². The number of anilines is 1. The molecule has 21 heavy (non-hydrogen) atoms. The van der Waals surface area contributed by atoms with E-state index in [0.29, 0.717) is 23.0 Å². The molecule has 1 aromatic rings. The van der Waals surface area contributed by atoms with Crippen molar-refractivity contribution in [2.45, 2.75) is 26.2 Å². The normalized spacial score (nSPS) is 14.6. The van der Waals surface area contributed by atoms with Gasteiger partial charge in [0.2, 0.25) is 11.8 Å². The van der Waals surface area contributed by atoms with Crippen molar-refractivity contribution in [1.29, 1.82) is 0 Å². The lowest BCUT2D eigenvalue weighted by Crippen LogP contribution is -2.29. The predicted molar refractivity (Wildman–Crippen MR) is 90.4 cm³/mol. The molecular weight excluding hydrogens is 304 g/mol. The van der Waals surface area contributed by atoms with Crippen molar-refractivity contribution in [3.63, 3.8) is 0 Å². The molecule has 0 radical (unpaired) electrons. The molecule has 0 unspecified atom stereocenters. The standard InChI is InChI=1S/C15H18N2O2S2/c1-11-5-7-12(8-6-11)16-13(18)4-2-3-9-17-14(19)10-21-15(17)20/h5-8H,2-4,9-10H2,1H3,(H,16,18). The number of aryl methyl sites for hydroxylation is 1. The van der Waals surface area contributed by atoms with Crippen LogP contribution < -0.4 is 5.32 Å². The average molecular weight is 322 g/mol. The third kappa shape index (κ3) is 4.82. The molecular formula is C15H18N2O2S2. The predicted octanol–water partition coefficient (Wildman–Crippen LogP) is 2.96. The zero-order chi connectivity index (χ0) is 15.2. The second-order valence-corrected chi connectivity index (χ2v) is 6.58.